The number of hydrogen-bond donors (Lipinski definition) is 1. The van der Waals surface area contributed by atoms with Crippen LogP contribution in [0.25, 0.3) is 0 Å². The van der Waals surface area contributed by atoms with Gasteiger partial charge >= 0.3 is 0 Å². The van der Waals surface area contributed by atoms with Crippen molar-refractivity contribution in [1.29, 1.82) is 0 Å². The minimum Gasteiger partial charge on any atom is -0.497 e. The number of methoxy groups -OCH3 is 2. The average Bonchev–Trinajstić information content (AvgIpc) is 2.60. The van der Waals surface area contributed by atoms with Crippen LogP contribution in [0.4, 0.5) is 5.69 Å². The summed E-state index contributed by atoms with van der Waals surface area (Å²) in [5.74, 6) is 1.68. The van der Waals surface area contributed by atoms with Crippen LogP contribution in [0, 0.1) is 0 Å². The molecule has 0 saturated carbocycles. The number of para-hydroxylation sites is 2. The highest BCUT2D eigenvalue weighted by Crippen LogP contribution is 2.27. The number of hydrogen-bond acceptors (Lipinski definition) is 4. The Morgan fingerprint density at radius 3 is 2.22 bits per heavy atom. The minimum absolute atomic E-state index is 0.205. The molecular weight excluding hydrogens is 294 g/mol. The van der Waals surface area contributed by atoms with Crippen molar-refractivity contribution in [2.75, 3.05) is 19.5 Å². The first kappa shape index (κ1) is 16.7. The molecular formula is C18H21NO4. The van der Waals surface area contributed by atoms with Gasteiger partial charge in [0, 0.05) is 5.69 Å². The number of benzene rings is 2. The molecule has 0 aliphatic carbocycles. The van der Waals surface area contributed by atoms with Crippen LogP contribution in [0.2, 0.25) is 0 Å². The predicted octanol–water partition coefficient (Wildman–Crippen LogP) is 3.50. The number of nitrogens with one attached hydrogen (secondary N) is 1. The van der Waals surface area contributed by atoms with E-state index >= 15 is 0 Å². The van der Waals surface area contributed by atoms with Gasteiger partial charge in [0.1, 0.15) is 5.75 Å². The maximum Gasteiger partial charge on any atom is 0.265 e. The van der Waals surface area contributed by atoms with Gasteiger partial charge in [-0.2, -0.15) is 0 Å². The second kappa shape index (κ2) is 8.08. The lowest BCUT2D eigenvalue weighted by atomic mass is 10.2. The molecule has 0 aliphatic heterocycles. The largest absolute Gasteiger partial charge is 0.497 e. The zero-order valence-corrected chi connectivity index (χ0v) is 13.5. The Hall–Kier alpha value is -2.69. The van der Waals surface area contributed by atoms with E-state index in [1.165, 1.54) is 0 Å². The van der Waals surface area contributed by atoms with Crippen molar-refractivity contribution in [3.63, 3.8) is 0 Å². The lowest BCUT2D eigenvalue weighted by Crippen LogP contribution is -2.32. The second-order valence-corrected chi connectivity index (χ2v) is 4.88. The third-order valence-electron chi connectivity index (χ3n) is 3.36. The van der Waals surface area contributed by atoms with Crippen LogP contribution in [0.5, 0.6) is 17.2 Å². The van der Waals surface area contributed by atoms with Gasteiger partial charge in [-0.05, 0) is 42.8 Å². The Bertz CT molecular complexity index is 640. The molecule has 1 atom stereocenters. The Morgan fingerprint density at radius 1 is 1.00 bits per heavy atom. The van der Waals surface area contributed by atoms with E-state index in [1.807, 2.05) is 19.1 Å². The van der Waals surface area contributed by atoms with Gasteiger partial charge in [0.2, 0.25) is 0 Å². The third-order valence-corrected chi connectivity index (χ3v) is 3.36. The van der Waals surface area contributed by atoms with Crippen molar-refractivity contribution in [2.24, 2.45) is 0 Å². The van der Waals surface area contributed by atoms with Crippen LogP contribution in [0.1, 0.15) is 13.3 Å². The summed E-state index contributed by atoms with van der Waals surface area (Å²) in [6, 6.07) is 14.4. The lowest BCUT2D eigenvalue weighted by Gasteiger charge is -2.19. The fraction of sp³-hybridized carbons (Fsp3) is 0.278. The molecule has 2 aromatic rings. The molecule has 0 radical (unpaired) electrons. The lowest BCUT2D eigenvalue weighted by molar-refractivity contribution is -0.122. The van der Waals surface area contributed by atoms with E-state index in [4.69, 9.17) is 14.2 Å². The molecule has 0 aromatic heterocycles. The molecule has 0 spiro atoms. The molecule has 0 saturated heterocycles. The van der Waals surface area contributed by atoms with Gasteiger partial charge in [0.15, 0.2) is 17.6 Å². The SMILES string of the molecule is CC[C@@H](Oc1ccccc1OC)C(=O)Nc1ccc(OC)cc1. The monoisotopic (exact) mass is 315 g/mol. The van der Waals surface area contributed by atoms with Crippen LogP contribution in [0.3, 0.4) is 0 Å². The van der Waals surface area contributed by atoms with Crippen LogP contribution < -0.4 is 19.5 Å². The first-order valence-electron chi connectivity index (χ1n) is 7.42. The molecule has 1 N–H and O–H groups in total. The van der Waals surface area contributed by atoms with E-state index in [0.717, 1.165) is 5.75 Å². The quantitative estimate of drug-likeness (QED) is 0.849. The molecule has 23 heavy (non-hydrogen) atoms. The fourth-order valence-electron chi connectivity index (χ4n) is 2.09. The van der Waals surface area contributed by atoms with Gasteiger partial charge in [0.05, 0.1) is 14.2 Å². The molecule has 5 nitrogen and oxygen atoms in total. The van der Waals surface area contributed by atoms with Crippen molar-refractivity contribution in [2.45, 2.75) is 19.4 Å². The maximum atomic E-state index is 12.4. The highest BCUT2D eigenvalue weighted by Gasteiger charge is 2.20. The standard InChI is InChI=1S/C18H21NO4/c1-4-15(23-17-8-6-5-7-16(17)22-3)18(20)19-13-9-11-14(21-2)12-10-13/h5-12,15H,4H2,1-3H3,(H,19,20)/t15-/m1/s1. The van der Waals surface area contributed by atoms with Gasteiger partial charge in [-0.25, -0.2) is 0 Å². The summed E-state index contributed by atoms with van der Waals surface area (Å²) in [5, 5.41) is 2.84. The third kappa shape index (κ3) is 4.39. The highest BCUT2D eigenvalue weighted by molar-refractivity contribution is 5.94. The molecule has 5 heteroatoms. The molecule has 0 heterocycles. The Balaban J connectivity index is 2.05. The van der Waals surface area contributed by atoms with Crippen molar-refractivity contribution < 1.29 is 19.0 Å². The highest BCUT2D eigenvalue weighted by atomic mass is 16.5. The summed E-state index contributed by atoms with van der Waals surface area (Å²) in [6.07, 6.45) is -0.0616. The first-order valence-corrected chi connectivity index (χ1v) is 7.42. The number of rotatable bonds is 7. The number of amides is 1. The van der Waals surface area contributed by atoms with Crippen molar-refractivity contribution in [3.05, 3.63) is 48.5 Å². The normalized spacial score (nSPS) is 11.4. The van der Waals surface area contributed by atoms with Crippen molar-refractivity contribution in [1.82, 2.24) is 0 Å². The van der Waals surface area contributed by atoms with E-state index in [9.17, 15) is 4.79 Å². The number of anilines is 1. The first-order chi connectivity index (χ1) is 11.2. The van der Waals surface area contributed by atoms with Crippen LogP contribution in [-0.4, -0.2) is 26.2 Å². The fourth-order valence-corrected chi connectivity index (χ4v) is 2.09. The summed E-state index contributed by atoms with van der Waals surface area (Å²) < 4.78 is 16.1. The molecule has 0 fully saturated rings. The van der Waals surface area contributed by atoms with Gasteiger partial charge < -0.3 is 19.5 Å². The zero-order chi connectivity index (χ0) is 16.7. The summed E-state index contributed by atoms with van der Waals surface area (Å²) >= 11 is 0. The topological polar surface area (TPSA) is 56.8 Å². The van der Waals surface area contributed by atoms with Crippen LogP contribution in [0.15, 0.2) is 48.5 Å². The summed E-state index contributed by atoms with van der Waals surface area (Å²) in [5.41, 5.74) is 0.692. The molecule has 1 amide bonds. The average molecular weight is 315 g/mol. The second-order valence-electron chi connectivity index (χ2n) is 4.88. The van der Waals surface area contributed by atoms with Crippen LogP contribution in [-0.2, 0) is 4.79 Å². The number of carbonyl (C=O) groups excluding carboxylic acids is 1. The number of ether oxygens (including phenoxy) is 3. The predicted molar refractivity (Wildman–Crippen MR) is 89.3 cm³/mol. The van der Waals surface area contributed by atoms with Crippen molar-refractivity contribution >= 4 is 11.6 Å². The molecule has 2 aromatic carbocycles. The Kier molecular flexibility index (Phi) is 5.86. The van der Waals surface area contributed by atoms with Gasteiger partial charge in [-0.1, -0.05) is 19.1 Å². The Labute approximate surface area is 136 Å². The summed E-state index contributed by atoms with van der Waals surface area (Å²) in [4.78, 5) is 12.4. The van der Waals surface area contributed by atoms with E-state index < -0.39 is 6.10 Å². The van der Waals surface area contributed by atoms with Gasteiger partial charge in [-0.15, -0.1) is 0 Å². The number of carbonyl (C=O) groups is 1. The molecule has 0 aliphatic rings. The van der Waals surface area contributed by atoms with Gasteiger partial charge in [0.25, 0.3) is 5.91 Å². The zero-order valence-electron chi connectivity index (χ0n) is 13.5. The maximum absolute atomic E-state index is 12.4. The van der Waals surface area contributed by atoms with E-state index in [2.05, 4.69) is 5.32 Å². The minimum atomic E-state index is -0.603. The van der Waals surface area contributed by atoms with E-state index in [0.29, 0.717) is 23.6 Å². The smallest absolute Gasteiger partial charge is 0.265 e. The van der Waals surface area contributed by atoms with Crippen LogP contribution >= 0.6 is 0 Å². The molecule has 0 bridgehead atoms. The Morgan fingerprint density at radius 2 is 1.65 bits per heavy atom. The van der Waals surface area contributed by atoms with Gasteiger partial charge in [-0.3, -0.25) is 4.79 Å². The molecule has 2 rings (SSSR count). The molecule has 122 valence electrons. The van der Waals surface area contributed by atoms with Crippen molar-refractivity contribution in [3.8, 4) is 17.2 Å². The van der Waals surface area contributed by atoms with E-state index in [1.54, 1.807) is 50.6 Å². The molecule has 0 unspecified atom stereocenters. The summed E-state index contributed by atoms with van der Waals surface area (Å²) in [6.45, 7) is 1.90. The summed E-state index contributed by atoms with van der Waals surface area (Å²) in [7, 11) is 3.17. The van der Waals surface area contributed by atoms with E-state index in [-0.39, 0.29) is 5.91 Å².